The van der Waals surface area contributed by atoms with E-state index in [9.17, 15) is 14.4 Å². The Bertz CT molecular complexity index is 802. The van der Waals surface area contributed by atoms with Crippen molar-refractivity contribution in [2.75, 3.05) is 13.7 Å². The monoisotopic (exact) mass is 388 g/mol. The lowest BCUT2D eigenvalue weighted by Gasteiger charge is -2.18. The molecular weight excluding hydrogens is 364 g/mol. The third-order valence-corrected chi connectivity index (χ3v) is 4.02. The molecule has 0 bridgehead atoms. The molecule has 1 amide bonds. The summed E-state index contributed by atoms with van der Waals surface area (Å²) in [4.78, 5) is 36.9. The van der Waals surface area contributed by atoms with Gasteiger partial charge in [-0.1, -0.05) is 42.4 Å². The molecule has 1 aromatic carbocycles. The van der Waals surface area contributed by atoms with Crippen molar-refractivity contribution in [2.45, 2.75) is 32.9 Å². The van der Waals surface area contributed by atoms with Gasteiger partial charge in [0.15, 0.2) is 11.5 Å². The molecule has 0 unspecified atom stereocenters. The Labute approximate surface area is 163 Å². The van der Waals surface area contributed by atoms with E-state index >= 15 is 0 Å². The molecule has 1 heterocycles. The molecule has 150 valence electrons. The van der Waals surface area contributed by atoms with Crippen LogP contribution >= 0.6 is 0 Å². The van der Waals surface area contributed by atoms with Gasteiger partial charge in [-0.3, -0.25) is 14.4 Å². The number of Topliss-reactive ketones (excluding diaryl/α,β-unsaturated/α-hetero) is 1. The highest BCUT2D eigenvalue weighted by Crippen LogP contribution is 2.11. The second-order valence-electron chi connectivity index (χ2n) is 6.47. The Morgan fingerprint density at radius 1 is 1.21 bits per heavy atom. The van der Waals surface area contributed by atoms with E-state index in [-0.39, 0.29) is 31.1 Å². The maximum Gasteiger partial charge on any atom is 0.309 e. The van der Waals surface area contributed by atoms with E-state index in [4.69, 9.17) is 14.0 Å². The lowest BCUT2D eigenvalue weighted by molar-refractivity contribution is -0.151. The number of methoxy groups -OCH3 is 1. The highest BCUT2D eigenvalue weighted by Gasteiger charge is 2.27. The van der Waals surface area contributed by atoms with Crippen molar-refractivity contribution in [2.24, 2.45) is 5.92 Å². The number of ketones is 1. The number of carbonyl (C=O) groups excluding carboxylic acids is 3. The fourth-order valence-electron chi connectivity index (χ4n) is 2.49. The van der Waals surface area contributed by atoms with Crippen molar-refractivity contribution < 1.29 is 28.4 Å². The summed E-state index contributed by atoms with van der Waals surface area (Å²) in [6.07, 6.45) is -0.0836. The van der Waals surface area contributed by atoms with Crippen LogP contribution in [0.3, 0.4) is 0 Å². The van der Waals surface area contributed by atoms with E-state index in [2.05, 4.69) is 10.5 Å². The summed E-state index contributed by atoms with van der Waals surface area (Å²) < 4.78 is 15.1. The summed E-state index contributed by atoms with van der Waals surface area (Å²) in [6.45, 7) is 3.39. The third kappa shape index (κ3) is 6.31. The van der Waals surface area contributed by atoms with Gasteiger partial charge in [0, 0.05) is 19.6 Å². The van der Waals surface area contributed by atoms with Crippen LogP contribution in [0.2, 0.25) is 0 Å². The van der Waals surface area contributed by atoms with Crippen LogP contribution in [0.25, 0.3) is 0 Å². The predicted molar refractivity (Wildman–Crippen MR) is 99.4 cm³/mol. The highest BCUT2D eigenvalue weighted by molar-refractivity contribution is 5.97. The van der Waals surface area contributed by atoms with E-state index in [1.165, 1.54) is 13.2 Å². The van der Waals surface area contributed by atoms with Gasteiger partial charge in [-0.05, 0) is 12.5 Å². The number of nitrogens with zero attached hydrogens (tertiary/aromatic N) is 1. The van der Waals surface area contributed by atoms with Gasteiger partial charge in [0.1, 0.15) is 18.4 Å². The van der Waals surface area contributed by atoms with Gasteiger partial charge in [0.2, 0.25) is 0 Å². The molecule has 0 spiro atoms. The first-order valence-electron chi connectivity index (χ1n) is 8.87. The van der Waals surface area contributed by atoms with Crippen molar-refractivity contribution >= 4 is 17.7 Å². The van der Waals surface area contributed by atoms with E-state index in [0.717, 1.165) is 5.56 Å². The van der Waals surface area contributed by atoms with E-state index in [0.29, 0.717) is 5.76 Å². The minimum absolute atomic E-state index is 0.0206. The zero-order valence-electron chi connectivity index (χ0n) is 16.1. The summed E-state index contributed by atoms with van der Waals surface area (Å²) in [5.41, 5.74) is 0.934. The second kappa shape index (κ2) is 10.4. The van der Waals surface area contributed by atoms with E-state index in [1.807, 2.05) is 30.3 Å². The van der Waals surface area contributed by atoms with Crippen LogP contribution in [0.5, 0.6) is 0 Å². The molecule has 1 N–H and O–H groups in total. The van der Waals surface area contributed by atoms with Crippen LogP contribution in [-0.4, -0.2) is 42.6 Å². The van der Waals surface area contributed by atoms with Crippen molar-refractivity contribution in [1.29, 1.82) is 0 Å². The topological polar surface area (TPSA) is 108 Å². The zero-order valence-corrected chi connectivity index (χ0v) is 16.1. The van der Waals surface area contributed by atoms with Crippen molar-refractivity contribution in [3.8, 4) is 0 Å². The lowest BCUT2D eigenvalue weighted by atomic mass is 10.0. The first-order valence-corrected chi connectivity index (χ1v) is 8.87. The van der Waals surface area contributed by atoms with Crippen LogP contribution < -0.4 is 5.32 Å². The molecule has 0 saturated heterocycles. The fourth-order valence-corrected chi connectivity index (χ4v) is 2.49. The smallest absolute Gasteiger partial charge is 0.309 e. The molecular formula is C20H24N2O6. The van der Waals surface area contributed by atoms with Crippen LogP contribution in [0, 0.1) is 12.8 Å². The standard InChI is InChI=1S/C20H24N2O6/c1-13(20(25)27-11-15-7-5-4-6-8-15)9-18(23)17(12-26-3)21-19(24)16-10-14(2)28-22-16/h4-8,10,13,17H,9,11-12H2,1-3H3,(H,21,24)/t13-,17+/m1/s1. The Morgan fingerprint density at radius 3 is 2.54 bits per heavy atom. The molecule has 0 aliphatic heterocycles. The van der Waals surface area contributed by atoms with Crippen molar-refractivity contribution in [3.05, 3.63) is 53.4 Å². The number of hydrogen-bond acceptors (Lipinski definition) is 7. The van der Waals surface area contributed by atoms with Crippen LogP contribution in [-0.2, 0) is 25.7 Å². The minimum atomic E-state index is -0.904. The van der Waals surface area contributed by atoms with Gasteiger partial charge >= 0.3 is 5.97 Å². The predicted octanol–water partition coefficient (Wildman–Crippen LogP) is 2.07. The molecule has 0 radical (unpaired) electrons. The van der Waals surface area contributed by atoms with E-state index < -0.39 is 23.8 Å². The number of rotatable bonds is 10. The maximum atomic E-state index is 12.5. The molecule has 8 heteroatoms. The molecule has 2 atom stereocenters. The molecule has 0 aliphatic carbocycles. The number of benzene rings is 1. The van der Waals surface area contributed by atoms with Crippen molar-refractivity contribution in [3.63, 3.8) is 0 Å². The van der Waals surface area contributed by atoms with Crippen molar-refractivity contribution in [1.82, 2.24) is 10.5 Å². The SMILES string of the molecule is COC[C@H](NC(=O)c1cc(C)on1)C(=O)C[C@@H](C)C(=O)OCc1ccccc1. The number of ether oxygens (including phenoxy) is 2. The Morgan fingerprint density at radius 2 is 1.93 bits per heavy atom. The Kier molecular flexibility index (Phi) is 7.88. The van der Waals surface area contributed by atoms with Gasteiger partial charge in [-0.15, -0.1) is 0 Å². The molecule has 2 aromatic rings. The van der Waals surface area contributed by atoms with Gasteiger partial charge in [-0.25, -0.2) is 0 Å². The fraction of sp³-hybridized carbons (Fsp3) is 0.400. The third-order valence-electron chi connectivity index (χ3n) is 4.02. The first kappa shape index (κ1) is 21.3. The number of hydrogen-bond donors (Lipinski definition) is 1. The molecule has 0 fully saturated rings. The summed E-state index contributed by atoms with van der Waals surface area (Å²) in [6, 6.07) is 9.83. The summed E-state index contributed by atoms with van der Waals surface area (Å²) in [5, 5.41) is 6.18. The number of nitrogens with one attached hydrogen (secondary N) is 1. The summed E-state index contributed by atoms with van der Waals surface area (Å²) in [5.74, 6) is -1.53. The van der Waals surface area contributed by atoms with E-state index in [1.54, 1.807) is 13.8 Å². The average molecular weight is 388 g/mol. The second-order valence-corrected chi connectivity index (χ2v) is 6.47. The zero-order chi connectivity index (χ0) is 20.5. The maximum absolute atomic E-state index is 12.5. The van der Waals surface area contributed by atoms with Gasteiger partial charge in [0.05, 0.1) is 12.5 Å². The Balaban J connectivity index is 1.89. The number of amides is 1. The lowest BCUT2D eigenvalue weighted by Crippen LogP contribution is -2.44. The number of carbonyl (C=O) groups is 3. The van der Waals surface area contributed by atoms with Crippen LogP contribution in [0.15, 0.2) is 40.9 Å². The largest absolute Gasteiger partial charge is 0.461 e. The molecule has 0 saturated carbocycles. The quantitative estimate of drug-likeness (QED) is 0.621. The molecule has 1 aromatic heterocycles. The normalized spacial score (nSPS) is 12.8. The number of aromatic nitrogens is 1. The number of esters is 1. The average Bonchev–Trinajstić information content (AvgIpc) is 3.12. The summed E-state index contributed by atoms with van der Waals surface area (Å²) >= 11 is 0. The van der Waals surface area contributed by atoms with Crippen LogP contribution in [0.1, 0.15) is 35.2 Å². The van der Waals surface area contributed by atoms with Gasteiger partial charge in [-0.2, -0.15) is 0 Å². The molecule has 0 aliphatic rings. The highest BCUT2D eigenvalue weighted by atomic mass is 16.5. The molecule has 2 rings (SSSR count). The minimum Gasteiger partial charge on any atom is -0.461 e. The molecule has 8 nitrogen and oxygen atoms in total. The van der Waals surface area contributed by atoms with Gasteiger partial charge < -0.3 is 19.3 Å². The van der Waals surface area contributed by atoms with Crippen LogP contribution in [0.4, 0.5) is 0 Å². The van der Waals surface area contributed by atoms with Gasteiger partial charge in [0.25, 0.3) is 5.91 Å². The first-order chi connectivity index (χ1) is 13.4. The Hall–Kier alpha value is -3.00. The number of aryl methyl sites for hydroxylation is 1. The molecule has 28 heavy (non-hydrogen) atoms. The summed E-state index contributed by atoms with van der Waals surface area (Å²) in [7, 11) is 1.42.